The van der Waals surface area contributed by atoms with Crippen LogP contribution in [0.15, 0.2) is 77.4 Å². The van der Waals surface area contributed by atoms with Crippen molar-refractivity contribution in [1.29, 1.82) is 0 Å². The average molecular weight is 329 g/mol. The quantitative estimate of drug-likeness (QED) is 0.560. The minimum Gasteiger partial charge on any atom is -0.364 e. The van der Waals surface area contributed by atoms with Crippen LogP contribution in [0.4, 0.5) is 5.82 Å². The van der Waals surface area contributed by atoms with Gasteiger partial charge in [-0.25, -0.2) is 4.98 Å². The molecule has 4 heteroatoms. The molecule has 1 N–H and O–H groups in total. The molecule has 2 aromatic carbocycles. The molecule has 0 aliphatic heterocycles. The van der Waals surface area contributed by atoms with Crippen LogP contribution in [0.3, 0.4) is 0 Å². The second-order valence-electron chi connectivity index (χ2n) is 6.13. The van der Waals surface area contributed by atoms with Gasteiger partial charge in [0.2, 0.25) is 0 Å². The van der Waals surface area contributed by atoms with Crippen LogP contribution >= 0.6 is 0 Å². The third-order valence-electron chi connectivity index (χ3n) is 4.31. The summed E-state index contributed by atoms with van der Waals surface area (Å²) in [7, 11) is 0. The molecule has 25 heavy (non-hydrogen) atoms. The Morgan fingerprint density at radius 1 is 1.00 bits per heavy atom. The number of rotatable bonds is 5. The van der Waals surface area contributed by atoms with Crippen molar-refractivity contribution in [2.75, 3.05) is 5.32 Å². The third kappa shape index (κ3) is 3.38. The summed E-state index contributed by atoms with van der Waals surface area (Å²) in [6.45, 7) is 2.12. The first-order valence-electron chi connectivity index (χ1n) is 8.39. The van der Waals surface area contributed by atoms with Crippen molar-refractivity contribution in [1.82, 2.24) is 10.1 Å². The van der Waals surface area contributed by atoms with Crippen molar-refractivity contribution < 1.29 is 4.52 Å². The van der Waals surface area contributed by atoms with Crippen LogP contribution in [0.5, 0.6) is 0 Å². The first-order valence-corrected chi connectivity index (χ1v) is 8.39. The molecular formula is C21H19N3O. The number of pyridine rings is 1. The zero-order chi connectivity index (χ0) is 17.1. The predicted octanol–water partition coefficient (Wildman–Crippen LogP) is 4.99. The highest BCUT2D eigenvalue weighted by Gasteiger charge is 2.12. The molecule has 4 nitrogen and oxygen atoms in total. The number of nitrogens with one attached hydrogen (secondary N) is 1. The van der Waals surface area contributed by atoms with E-state index >= 15 is 0 Å². The fourth-order valence-corrected chi connectivity index (χ4v) is 2.94. The minimum atomic E-state index is 0.170. The van der Waals surface area contributed by atoms with Crippen molar-refractivity contribution >= 4 is 16.8 Å². The number of aromatic nitrogens is 2. The molecule has 2 aromatic heterocycles. The molecule has 1 atom stereocenters. The number of hydrogen-bond acceptors (Lipinski definition) is 4. The summed E-state index contributed by atoms with van der Waals surface area (Å²) in [5.41, 5.74) is 4.07. The summed E-state index contributed by atoms with van der Waals surface area (Å²) in [5.74, 6) is 0.821. The molecule has 0 saturated heterocycles. The highest BCUT2D eigenvalue weighted by atomic mass is 16.5. The Labute approximate surface area is 146 Å². The van der Waals surface area contributed by atoms with E-state index in [2.05, 4.69) is 46.6 Å². The molecule has 0 spiro atoms. The summed E-state index contributed by atoms with van der Waals surface area (Å²) in [4.78, 5) is 4.45. The van der Waals surface area contributed by atoms with E-state index in [-0.39, 0.29) is 6.04 Å². The Bertz CT molecular complexity index is 964. The molecule has 0 unspecified atom stereocenters. The molecule has 0 fully saturated rings. The van der Waals surface area contributed by atoms with E-state index in [0.717, 1.165) is 23.3 Å². The van der Waals surface area contributed by atoms with E-state index in [0.29, 0.717) is 5.58 Å². The first-order chi connectivity index (χ1) is 12.3. The lowest BCUT2D eigenvalue weighted by atomic mass is 10.1. The molecule has 0 bridgehead atoms. The number of anilines is 1. The molecule has 0 amide bonds. The molecule has 124 valence electrons. The molecule has 0 aliphatic rings. The van der Waals surface area contributed by atoms with E-state index in [4.69, 9.17) is 4.52 Å². The van der Waals surface area contributed by atoms with Crippen molar-refractivity contribution in [3.05, 3.63) is 89.7 Å². The summed E-state index contributed by atoms with van der Waals surface area (Å²) in [5, 5.41) is 8.68. The van der Waals surface area contributed by atoms with Gasteiger partial charge in [-0.3, -0.25) is 0 Å². The van der Waals surface area contributed by atoms with Crippen molar-refractivity contribution in [3.8, 4) is 0 Å². The van der Waals surface area contributed by atoms with Gasteiger partial charge in [0.05, 0.1) is 17.3 Å². The van der Waals surface area contributed by atoms with E-state index < -0.39 is 0 Å². The van der Waals surface area contributed by atoms with Crippen LogP contribution in [0.25, 0.3) is 11.0 Å². The Morgan fingerprint density at radius 2 is 1.72 bits per heavy atom. The lowest BCUT2D eigenvalue weighted by molar-refractivity contribution is 0.447. The van der Waals surface area contributed by atoms with Gasteiger partial charge < -0.3 is 9.84 Å². The molecular weight excluding hydrogens is 310 g/mol. The third-order valence-corrected chi connectivity index (χ3v) is 4.31. The summed E-state index contributed by atoms with van der Waals surface area (Å²) in [6, 6.07) is 22.8. The predicted molar refractivity (Wildman–Crippen MR) is 99.5 cm³/mol. The Kier molecular flexibility index (Phi) is 4.17. The Hall–Kier alpha value is -3.14. The largest absolute Gasteiger partial charge is 0.364 e. The first kappa shape index (κ1) is 15.4. The van der Waals surface area contributed by atoms with Crippen molar-refractivity contribution in [3.63, 3.8) is 0 Å². The summed E-state index contributed by atoms with van der Waals surface area (Å²) < 4.78 is 5.43. The molecule has 0 aliphatic carbocycles. The highest BCUT2D eigenvalue weighted by Crippen LogP contribution is 2.25. The summed E-state index contributed by atoms with van der Waals surface area (Å²) >= 11 is 0. The van der Waals surface area contributed by atoms with Gasteiger partial charge in [-0.1, -0.05) is 65.8 Å². The van der Waals surface area contributed by atoms with Crippen LogP contribution in [-0.2, 0) is 6.42 Å². The van der Waals surface area contributed by atoms with Crippen molar-refractivity contribution in [2.24, 2.45) is 0 Å². The minimum absolute atomic E-state index is 0.170. The van der Waals surface area contributed by atoms with Crippen LogP contribution < -0.4 is 5.32 Å². The van der Waals surface area contributed by atoms with E-state index in [9.17, 15) is 0 Å². The Morgan fingerprint density at radius 3 is 2.48 bits per heavy atom. The molecule has 2 heterocycles. The van der Waals surface area contributed by atoms with Gasteiger partial charge in [-0.05, 0) is 24.1 Å². The molecule has 4 aromatic rings. The fraction of sp³-hybridized carbons (Fsp3) is 0.143. The fourth-order valence-electron chi connectivity index (χ4n) is 2.94. The van der Waals surface area contributed by atoms with Gasteiger partial charge >= 0.3 is 0 Å². The maximum Gasteiger partial charge on any atom is 0.185 e. The van der Waals surface area contributed by atoms with Gasteiger partial charge in [0.1, 0.15) is 5.82 Å². The average Bonchev–Trinajstić information content (AvgIpc) is 3.05. The number of fused-ring (bicyclic) bond motifs is 1. The number of nitrogens with zero attached hydrogens (tertiary/aromatic N) is 2. The SMILES string of the molecule is C[C@H](Nc1cc2c(Cc3ccccc3)noc2cn1)c1ccccc1. The second kappa shape index (κ2) is 6.77. The lowest BCUT2D eigenvalue weighted by Crippen LogP contribution is -2.07. The van der Waals surface area contributed by atoms with Gasteiger partial charge in [-0.15, -0.1) is 0 Å². The molecule has 0 saturated carbocycles. The van der Waals surface area contributed by atoms with Crippen LogP contribution in [0, 0.1) is 0 Å². The lowest BCUT2D eigenvalue weighted by Gasteiger charge is -2.14. The highest BCUT2D eigenvalue weighted by molar-refractivity contribution is 5.81. The Balaban J connectivity index is 1.60. The molecule has 4 rings (SSSR count). The van der Waals surface area contributed by atoms with Crippen LogP contribution in [-0.4, -0.2) is 10.1 Å². The van der Waals surface area contributed by atoms with E-state index in [1.165, 1.54) is 11.1 Å². The van der Waals surface area contributed by atoms with Gasteiger partial charge in [0.15, 0.2) is 5.58 Å². The van der Waals surface area contributed by atoms with E-state index in [1.807, 2.05) is 42.5 Å². The van der Waals surface area contributed by atoms with Gasteiger partial charge in [0, 0.05) is 12.5 Å². The smallest absolute Gasteiger partial charge is 0.185 e. The maximum atomic E-state index is 5.43. The number of hydrogen-bond donors (Lipinski definition) is 1. The van der Waals surface area contributed by atoms with Crippen LogP contribution in [0.1, 0.15) is 29.8 Å². The molecule has 0 radical (unpaired) electrons. The monoisotopic (exact) mass is 329 g/mol. The van der Waals surface area contributed by atoms with Crippen molar-refractivity contribution in [2.45, 2.75) is 19.4 Å². The standard InChI is InChI=1S/C21H19N3O/c1-15(17-10-6-3-7-11-17)23-21-13-18-19(24-25-20(18)14-22-21)12-16-8-4-2-5-9-16/h2-11,13-15H,12H2,1H3,(H,22,23)/t15-/m0/s1. The zero-order valence-electron chi connectivity index (χ0n) is 14.0. The second-order valence-corrected chi connectivity index (χ2v) is 6.13. The van der Waals surface area contributed by atoms with Gasteiger partial charge in [-0.2, -0.15) is 0 Å². The van der Waals surface area contributed by atoms with Crippen LogP contribution in [0.2, 0.25) is 0 Å². The summed E-state index contributed by atoms with van der Waals surface area (Å²) in [6.07, 6.45) is 2.47. The zero-order valence-corrected chi connectivity index (χ0v) is 14.0. The topological polar surface area (TPSA) is 51.0 Å². The van der Waals surface area contributed by atoms with E-state index in [1.54, 1.807) is 6.20 Å². The normalized spacial score (nSPS) is 12.2. The van der Waals surface area contributed by atoms with Gasteiger partial charge in [0.25, 0.3) is 0 Å². The maximum absolute atomic E-state index is 5.43. The number of benzene rings is 2.